The van der Waals surface area contributed by atoms with Gasteiger partial charge in [-0.15, -0.1) is 5.10 Å². The smallest absolute Gasteiger partial charge is 0.416 e. The summed E-state index contributed by atoms with van der Waals surface area (Å²) in [4.78, 5) is 1.90. The fourth-order valence-electron chi connectivity index (χ4n) is 4.90. The van der Waals surface area contributed by atoms with Crippen LogP contribution in [-0.4, -0.2) is 47.7 Å². The average molecular weight is 724 g/mol. The Morgan fingerprint density at radius 2 is 1.41 bits per heavy atom. The summed E-state index contributed by atoms with van der Waals surface area (Å²) < 4.78 is 153. The minimum absolute atomic E-state index is 0.00559. The summed E-state index contributed by atoms with van der Waals surface area (Å²) in [6.07, 6.45) is -14.2. The standard InChI is InChI=1S/C31H30F9N5O3S/c1-18(2)20-5-8-27(48-3)26(14-20)25-7-6-22(29(32,33)34)13-21(25)17-44(28-41-43-45(42-28)9-10-49(4,46)47)16-19-11-23(30(35,36)37)15-24(12-19)31(38,39)40/h5-8,11-15,18H,9-10,16-17H2,1-4H3. The van der Waals surface area contributed by atoms with Gasteiger partial charge in [0.15, 0.2) is 0 Å². The number of hydrogen-bond donors (Lipinski definition) is 0. The second-order valence-electron chi connectivity index (χ2n) is 11.6. The molecule has 8 nitrogen and oxygen atoms in total. The molecule has 0 N–H and O–H groups in total. The van der Waals surface area contributed by atoms with E-state index in [2.05, 4.69) is 15.4 Å². The van der Waals surface area contributed by atoms with Gasteiger partial charge < -0.3 is 9.64 Å². The number of halogens is 9. The maximum atomic E-state index is 14.0. The first kappa shape index (κ1) is 37.5. The zero-order chi connectivity index (χ0) is 36.5. The van der Waals surface area contributed by atoms with Crippen molar-refractivity contribution in [2.24, 2.45) is 0 Å². The molecule has 0 amide bonds. The Bertz CT molecular complexity index is 1870. The third-order valence-electron chi connectivity index (χ3n) is 7.38. The molecule has 0 bridgehead atoms. The van der Waals surface area contributed by atoms with Crippen LogP contribution in [0.2, 0.25) is 0 Å². The molecule has 0 saturated carbocycles. The molecule has 0 aliphatic carbocycles. The highest BCUT2D eigenvalue weighted by Gasteiger charge is 2.37. The van der Waals surface area contributed by atoms with E-state index in [9.17, 15) is 47.9 Å². The van der Waals surface area contributed by atoms with Crippen molar-refractivity contribution in [1.82, 2.24) is 20.2 Å². The van der Waals surface area contributed by atoms with Crippen LogP contribution in [0.5, 0.6) is 5.75 Å². The maximum absolute atomic E-state index is 14.0. The molecule has 0 radical (unpaired) electrons. The van der Waals surface area contributed by atoms with Crippen molar-refractivity contribution in [3.63, 3.8) is 0 Å². The fourth-order valence-corrected chi connectivity index (χ4v) is 5.39. The summed E-state index contributed by atoms with van der Waals surface area (Å²) in [6.45, 7) is 2.16. The normalized spacial score (nSPS) is 12.9. The molecule has 266 valence electrons. The maximum Gasteiger partial charge on any atom is 0.416 e. The van der Waals surface area contributed by atoms with Crippen molar-refractivity contribution in [1.29, 1.82) is 0 Å². The molecule has 49 heavy (non-hydrogen) atoms. The lowest BCUT2D eigenvalue weighted by Gasteiger charge is -2.25. The molecule has 0 fully saturated rings. The lowest BCUT2D eigenvalue weighted by Crippen LogP contribution is -2.25. The molecule has 0 unspecified atom stereocenters. The average Bonchev–Trinajstić information content (AvgIpc) is 3.47. The zero-order valence-corrected chi connectivity index (χ0v) is 27.2. The van der Waals surface area contributed by atoms with E-state index in [0.29, 0.717) is 17.7 Å². The van der Waals surface area contributed by atoms with Crippen LogP contribution in [0.3, 0.4) is 0 Å². The van der Waals surface area contributed by atoms with Crippen molar-refractivity contribution < 1.29 is 52.7 Å². The van der Waals surface area contributed by atoms with E-state index in [-0.39, 0.29) is 35.4 Å². The second-order valence-corrected chi connectivity index (χ2v) is 13.8. The number of tetrazole rings is 1. The molecule has 4 rings (SSSR count). The SMILES string of the molecule is COc1ccc(C(C)C)cc1-c1ccc(C(F)(F)F)cc1CN(Cc1cc(C(F)(F)F)cc(C(F)(F)F)c1)c1nnn(CCS(C)(=O)=O)n1. The molecule has 0 aliphatic heterocycles. The number of anilines is 1. The highest BCUT2D eigenvalue weighted by Crippen LogP contribution is 2.40. The van der Waals surface area contributed by atoms with Crippen molar-refractivity contribution in [3.8, 4) is 16.9 Å². The van der Waals surface area contributed by atoms with Gasteiger partial charge in [-0.1, -0.05) is 31.1 Å². The van der Waals surface area contributed by atoms with Gasteiger partial charge in [0.1, 0.15) is 15.6 Å². The van der Waals surface area contributed by atoms with Gasteiger partial charge in [-0.05, 0) is 75.8 Å². The minimum Gasteiger partial charge on any atom is -0.496 e. The molecule has 1 heterocycles. The van der Waals surface area contributed by atoms with E-state index in [4.69, 9.17) is 4.74 Å². The molecule has 1 aromatic heterocycles. The van der Waals surface area contributed by atoms with Crippen LogP contribution < -0.4 is 9.64 Å². The van der Waals surface area contributed by atoms with Gasteiger partial charge in [0.05, 0.1) is 36.1 Å². The van der Waals surface area contributed by atoms with Gasteiger partial charge in [-0.2, -0.15) is 44.3 Å². The molecule has 0 spiro atoms. The van der Waals surface area contributed by atoms with Crippen LogP contribution in [0.15, 0.2) is 54.6 Å². The Hall–Kier alpha value is -4.35. The van der Waals surface area contributed by atoms with Gasteiger partial charge in [-0.25, -0.2) is 8.42 Å². The number of alkyl halides is 9. The predicted molar refractivity (Wildman–Crippen MR) is 161 cm³/mol. The molecule has 3 aromatic carbocycles. The highest BCUT2D eigenvalue weighted by atomic mass is 32.2. The van der Waals surface area contributed by atoms with Gasteiger partial charge in [0.25, 0.3) is 5.95 Å². The van der Waals surface area contributed by atoms with Gasteiger partial charge in [0.2, 0.25) is 0 Å². The number of ether oxygens (including phenoxy) is 1. The third-order valence-corrected chi connectivity index (χ3v) is 8.31. The lowest BCUT2D eigenvalue weighted by molar-refractivity contribution is -0.143. The van der Waals surface area contributed by atoms with E-state index >= 15 is 0 Å². The highest BCUT2D eigenvalue weighted by molar-refractivity contribution is 7.90. The Morgan fingerprint density at radius 1 is 0.796 bits per heavy atom. The van der Waals surface area contributed by atoms with Crippen LogP contribution in [0, 0.1) is 0 Å². The summed E-state index contributed by atoms with van der Waals surface area (Å²) in [5, 5.41) is 11.6. The topological polar surface area (TPSA) is 90.2 Å². The first-order valence-corrected chi connectivity index (χ1v) is 16.5. The quantitative estimate of drug-likeness (QED) is 0.146. The van der Waals surface area contributed by atoms with Crippen molar-refractivity contribution in [3.05, 3.63) is 88.0 Å². The van der Waals surface area contributed by atoms with E-state index in [1.165, 1.54) is 13.2 Å². The predicted octanol–water partition coefficient (Wildman–Crippen LogP) is 7.78. The Kier molecular flexibility index (Phi) is 10.6. The summed E-state index contributed by atoms with van der Waals surface area (Å²) in [7, 11) is -2.16. The van der Waals surface area contributed by atoms with Gasteiger partial charge in [0, 0.05) is 24.9 Å². The lowest BCUT2D eigenvalue weighted by atomic mass is 9.92. The van der Waals surface area contributed by atoms with Gasteiger partial charge >= 0.3 is 18.5 Å². The first-order valence-electron chi connectivity index (χ1n) is 14.4. The Labute approximate surface area is 275 Å². The monoisotopic (exact) mass is 723 g/mol. The molecular weight excluding hydrogens is 693 g/mol. The number of benzene rings is 3. The largest absolute Gasteiger partial charge is 0.496 e. The number of nitrogens with zero attached hydrogens (tertiary/aromatic N) is 5. The van der Waals surface area contributed by atoms with Crippen LogP contribution >= 0.6 is 0 Å². The third kappa shape index (κ3) is 9.64. The van der Waals surface area contributed by atoms with E-state index in [1.807, 2.05) is 13.8 Å². The molecule has 18 heteroatoms. The van der Waals surface area contributed by atoms with E-state index in [0.717, 1.165) is 33.6 Å². The summed E-state index contributed by atoms with van der Waals surface area (Å²) in [6, 6.07) is 8.87. The van der Waals surface area contributed by atoms with Crippen LogP contribution in [0.25, 0.3) is 11.1 Å². The number of methoxy groups -OCH3 is 1. The van der Waals surface area contributed by atoms with Crippen LogP contribution in [0.4, 0.5) is 45.5 Å². The molecule has 4 aromatic rings. The van der Waals surface area contributed by atoms with E-state index < -0.39 is 75.4 Å². The zero-order valence-electron chi connectivity index (χ0n) is 26.4. The van der Waals surface area contributed by atoms with Crippen molar-refractivity contribution in [2.45, 2.75) is 57.9 Å². The summed E-state index contributed by atoms with van der Waals surface area (Å²) in [5.41, 5.74) is -3.44. The number of sulfone groups is 1. The first-order chi connectivity index (χ1) is 22.5. The number of aromatic nitrogens is 4. The molecule has 0 saturated heterocycles. The van der Waals surface area contributed by atoms with Gasteiger partial charge in [-0.3, -0.25) is 0 Å². The second kappa shape index (κ2) is 13.9. The van der Waals surface area contributed by atoms with E-state index in [1.54, 1.807) is 18.2 Å². The minimum atomic E-state index is -5.17. The van der Waals surface area contributed by atoms with Crippen LogP contribution in [-0.2, 0) is 48.0 Å². The van der Waals surface area contributed by atoms with Crippen molar-refractivity contribution in [2.75, 3.05) is 24.0 Å². The molecule has 0 atom stereocenters. The summed E-state index contributed by atoms with van der Waals surface area (Å²) >= 11 is 0. The molecule has 0 aliphatic rings. The molecular formula is C31H30F9N5O3S. The Morgan fingerprint density at radius 3 is 1.94 bits per heavy atom. The van der Waals surface area contributed by atoms with Crippen molar-refractivity contribution >= 4 is 15.8 Å². The number of aryl methyl sites for hydroxylation is 1. The van der Waals surface area contributed by atoms with Crippen LogP contribution in [0.1, 0.15) is 53.1 Å². The number of hydrogen-bond acceptors (Lipinski definition) is 7. The number of rotatable bonds is 11. The fraction of sp³-hybridized carbons (Fsp3) is 0.387. The summed E-state index contributed by atoms with van der Waals surface area (Å²) in [5.74, 6) is -0.552. The Balaban J connectivity index is 1.92.